The molecule has 290 valence electrons. The summed E-state index contributed by atoms with van der Waals surface area (Å²) in [4.78, 5) is 28.9. The predicted molar refractivity (Wildman–Crippen MR) is 213 cm³/mol. The Morgan fingerprint density at radius 1 is 0.926 bits per heavy atom. The summed E-state index contributed by atoms with van der Waals surface area (Å²) in [7, 11) is 0. The second kappa shape index (κ2) is 16.9. The topological polar surface area (TPSA) is 104 Å². The molecular weight excluding hydrogens is 723 g/mol. The molecule has 3 aliphatic heterocycles. The van der Waals surface area contributed by atoms with Crippen LogP contribution in [0.3, 0.4) is 0 Å². The number of piperidine rings is 3. The van der Waals surface area contributed by atoms with Gasteiger partial charge in [-0.05, 0) is 119 Å². The Kier molecular flexibility index (Phi) is 12.5. The van der Waals surface area contributed by atoms with Crippen molar-refractivity contribution in [3.05, 3.63) is 76.1 Å². The smallest absolute Gasteiger partial charge is 0.410 e. The van der Waals surface area contributed by atoms with Gasteiger partial charge in [0.05, 0.1) is 22.2 Å². The van der Waals surface area contributed by atoms with Crippen molar-refractivity contribution in [2.75, 3.05) is 56.7 Å². The summed E-state index contributed by atoms with van der Waals surface area (Å²) in [6, 6.07) is 16.4. The molecule has 3 aromatic rings. The highest BCUT2D eigenvalue weighted by atomic mass is 35.5. The van der Waals surface area contributed by atoms with Crippen LogP contribution in [0.15, 0.2) is 48.7 Å². The molecule has 0 bridgehead atoms. The van der Waals surface area contributed by atoms with Crippen molar-refractivity contribution in [3.63, 3.8) is 0 Å². The molecule has 6 rings (SSSR count). The van der Waals surface area contributed by atoms with Crippen LogP contribution >= 0.6 is 23.2 Å². The molecule has 1 spiro atoms. The van der Waals surface area contributed by atoms with E-state index in [0.717, 1.165) is 93.5 Å². The van der Waals surface area contributed by atoms with Gasteiger partial charge in [0.15, 0.2) is 5.75 Å². The number of benzene rings is 2. The minimum Gasteiger partial charge on any atom is -0.489 e. The van der Waals surface area contributed by atoms with E-state index in [1.165, 1.54) is 12.8 Å². The summed E-state index contributed by atoms with van der Waals surface area (Å²) in [6.45, 7) is 16.3. The summed E-state index contributed by atoms with van der Waals surface area (Å²) in [6.07, 6.45) is 8.44. The molecule has 3 saturated heterocycles. The van der Waals surface area contributed by atoms with E-state index in [2.05, 4.69) is 34.7 Å². The number of alkyl halides is 1. The molecule has 0 radical (unpaired) electrons. The third-order valence-corrected chi connectivity index (χ3v) is 11.9. The molecule has 2 aromatic carbocycles. The number of halogens is 2. The Morgan fingerprint density at radius 2 is 1.59 bits per heavy atom. The van der Waals surface area contributed by atoms with Gasteiger partial charge >= 0.3 is 6.09 Å². The van der Waals surface area contributed by atoms with Crippen molar-refractivity contribution in [2.24, 2.45) is 5.41 Å². The van der Waals surface area contributed by atoms with E-state index in [4.69, 9.17) is 42.4 Å². The molecule has 1 amide bonds. The quantitative estimate of drug-likeness (QED) is 0.187. The number of hydrogen-bond acceptors (Lipinski definition) is 9. The van der Waals surface area contributed by atoms with Crippen LogP contribution in [0.2, 0.25) is 5.02 Å². The van der Waals surface area contributed by atoms with E-state index in [1.54, 1.807) is 0 Å². The highest BCUT2D eigenvalue weighted by Gasteiger charge is 2.40. The molecule has 0 atom stereocenters. The molecule has 12 heteroatoms. The normalized spacial score (nSPS) is 18.3. The molecule has 0 unspecified atom stereocenters. The molecule has 1 aromatic heterocycles. The first-order valence-corrected chi connectivity index (χ1v) is 20.2. The van der Waals surface area contributed by atoms with Crippen molar-refractivity contribution in [2.45, 2.75) is 96.8 Å². The van der Waals surface area contributed by atoms with Crippen LogP contribution in [0.4, 0.5) is 10.7 Å². The van der Waals surface area contributed by atoms with Gasteiger partial charge < -0.3 is 28.9 Å². The summed E-state index contributed by atoms with van der Waals surface area (Å²) in [5.74, 6) is 2.19. The van der Waals surface area contributed by atoms with Crippen molar-refractivity contribution < 1.29 is 19.0 Å². The third kappa shape index (κ3) is 9.53. The van der Waals surface area contributed by atoms with Crippen LogP contribution in [-0.4, -0.2) is 89.3 Å². The molecular formula is C42H54Cl2N6O4. The number of aromatic nitrogens is 2. The minimum atomic E-state index is -0.457. The lowest BCUT2D eigenvalue weighted by Gasteiger charge is -2.49. The Balaban J connectivity index is 0.974. The van der Waals surface area contributed by atoms with Gasteiger partial charge in [-0.25, -0.2) is 14.8 Å². The van der Waals surface area contributed by atoms with Crippen molar-refractivity contribution >= 4 is 35.2 Å². The van der Waals surface area contributed by atoms with E-state index in [0.29, 0.717) is 40.3 Å². The fourth-order valence-corrected chi connectivity index (χ4v) is 8.37. The first-order chi connectivity index (χ1) is 25.8. The molecule has 3 aliphatic rings. The maximum atomic E-state index is 12.5. The molecule has 10 nitrogen and oxygen atoms in total. The first kappa shape index (κ1) is 39.9. The van der Waals surface area contributed by atoms with Crippen molar-refractivity contribution in [1.82, 2.24) is 19.8 Å². The van der Waals surface area contributed by atoms with E-state index in [1.807, 2.05) is 74.3 Å². The molecule has 0 N–H and O–H groups in total. The number of rotatable bonds is 10. The second-order valence-corrected chi connectivity index (χ2v) is 17.3. The fraction of sp³-hybridized carbons (Fsp3) is 0.571. The van der Waals surface area contributed by atoms with Crippen LogP contribution in [0.1, 0.15) is 95.5 Å². The van der Waals surface area contributed by atoms with Gasteiger partial charge in [0.1, 0.15) is 30.6 Å². The maximum absolute atomic E-state index is 12.5. The van der Waals surface area contributed by atoms with Crippen LogP contribution in [-0.2, 0) is 16.8 Å². The van der Waals surface area contributed by atoms with Gasteiger partial charge in [-0.1, -0.05) is 37.6 Å². The van der Waals surface area contributed by atoms with Crippen LogP contribution in [0.25, 0.3) is 0 Å². The number of anilines is 1. The van der Waals surface area contributed by atoms with E-state index >= 15 is 0 Å². The lowest BCUT2D eigenvalue weighted by atomic mass is 9.71. The molecule has 54 heavy (non-hydrogen) atoms. The summed E-state index contributed by atoms with van der Waals surface area (Å²) in [5.41, 5.74) is 2.70. The summed E-state index contributed by atoms with van der Waals surface area (Å²) >= 11 is 12.3. The van der Waals surface area contributed by atoms with Gasteiger partial charge in [0, 0.05) is 43.8 Å². The number of likely N-dealkylation sites (tertiary alicyclic amines) is 2. The Hall–Kier alpha value is -3.78. The van der Waals surface area contributed by atoms with Gasteiger partial charge in [-0.3, -0.25) is 0 Å². The van der Waals surface area contributed by atoms with Crippen molar-refractivity contribution in [3.8, 4) is 17.6 Å². The molecule has 0 aliphatic carbocycles. The molecule has 0 saturated carbocycles. The SMILES string of the molecule is CC(C)(C)OC(=O)N1CCC(N2CCC3(CCN(c4nccc(COc5ccc(C(C)(C)c6cc(Cl)c(OCCCl)c(C#N)c6)cc5)n4)CC3)CC2)CC1. The minimum absolute atomic E-state index is 0.184. The monoisotopic (exact) mass is 776 g/mol. The third-order valence-electron chi connectivity index (χ3n) is 11.5. The van der Waals surface area contributed by atoms with Gasteiger partial charge in [0.2, 0.25) is 5.95 Å². The van der Waals surface area contributed by atoms with Crippen LogP contribution < -0.4 is 14.4 Å². The number of carbonyl (C=O) groups is 1. The summed E-state index contributed by atoms with van der Waals surface area (Å²) < 4.78 is 17.4. The van der Waals surface area contributed by atoms with Gasteiger partial charge in [-0.2, -0.15) is 5.26 Å². The lowest BCUT2D eigenvalue weighted by Crippen LogP contribution is -2.52. The lowest BCUT2D eigenvalue weighted by molar-refractivity contribution is 0.00486. The van der Waals surface area contributed by atoms with Gasteiger partial charge in [-0.15, -0.1) is 11.6 Å². The first-order valence-electron chi connectivity index (χ1n) is 19.2. The number of nitrogens with zero attached hydrogens (tertiary/aromatic N) is 6. The number of carbonyl (C=O) groups excluding carboxylic acids is 1. The number of ether oxygens (including phenoxy) is 3. The van der Waals surface area contributed by atoms with E-state index in [-0.39, 0.29) is 12.7 Å². The Morgan fingerprint density at radius 3 is 2.22 bits per heavy atom. The van der Waals surface area contributed by atoms with Crippen molar-refractivity contribution in [1.29, 1.82) is 5.26 Å². The zero-order valence-electron chi connectivity index (χ0n) is 32.4. The Bertz CT molecular complexity index is 1780. The Labute approximate surface area is 330 Å². The largest absolute Gasteiger partial charge is 0.489 e. The number of hydrogen-bond donors (Lipinski definition) is 0. The number of amides is 1. The zero-order chi connectivity index (χ0) is 38.5. The molecule has 3 fully saturated rings. The highest BCUT2D eigenvalue weighted by Crippen LogP contribution is 2.43. The number of nitriles is 1. The predicted octanol–water partition coefficient (Wildman–Crippen LogP) is 8.61. The highest BCUT2D eigenvalue weighted by molar-refractivity contribution is 6.32. The van der Waals surface area contributed by atoms with Crippen LogP contribution in [0.5, 0.6) is 11.5 Å². The maximum Gasteiger partial charge on any atom is 0.410 e. The van der Waals surface area contributed by atoms with Gasteiger partial charge in [0.25, 0.3) is 0 Å². The van der Waals surface area contributed by atoms with E-state index in [9.17, 15) is 10.1 Å². The second-order valence-electron chi connectivity index (χ2n) is 16.5. The average Bonchev–Trinajstić information content (AvgIpc) is 3.16. The average molecular weight is 778 g/mol. The zero-order valence-corrected chi connectivity index (χ0v) is 33.9. The summed E-state index contributed by atoms with van der Waals surface area (Å²) in [5, 5.41) is 10.1. The molecule has 4 heterocycles. The van der Waals surface area contributed by atoms with E-state index < -0.39 is 11.0 Å². The fourth-order valence-electron chi connectivity index (χ4n) is 8.02. The standard InChI is InChI=1S/C42H54Cl2N6O4/c1-40(2,3)54-39(51)50-19-11-34(12-20-50)48-21-13-42(14-22-48)15-23-49(24-16-42)38-46-18-10-33(47-38)29-53-35-8-6-31(7-9-35)41(4,5)32-26-30(28-45)37(36(44)27-32)52-25-17-43/h6-10,18,26-27,34H,11-17,19-25,29H2,1-5H3. The van der Waals surface area contributed by atoms with Crippen LogP contribution in [0, 0.1) is 16.7 Å².